The Hall–Kier alpha value is -0.160. The Morgan fingerprint density at radius 2 is 2.35 bits per heavy atom. The fourth-order valence-electron chi connectivity index (χ4n) is 2.29. The smallest absolute Gasteiger partial charge is 0.0615 e. The number of rotatable bonds is 9. The summed E-state index contributed by atoms with van der Waals surface area (Å²) in [4.78, 5) is 0. The normalized spacial score (nSPS) is 22.6. The predicted molar refractivity (Wildman–Crippen MR) is 70.2 cm³/mol. The first-order valence-electron chi connectivity index (χ1n) is 6.90. The Labute approximate surface area is 105 Å². The maximum Gasteiger partial charge on any atom is 0.0615 e. The maximum absolute atomic E-state index is 5.71. The number of hydrogen-bond donors (Lipinski definition) is 2. The molecule has 1 saturated heterocycles. The van der Waals surface area contributed by atoms with Crippen LogP contribution in [0.3, 0.4) is 0 Å². The van der Waals surface area contributed by atoms with E-state index in [1.54, 1.807) is 7.11 Å². The lowest BCUT2D eigenvalue weighted by molar-refractivity contribution is 0.0107. The highest BCUT2D eigenvalue weighted by molar-refractivity contribution is 4.70. The largest absolute Gasteiger partial charge is 0.383 e. The topological polar surface area (TPSA) is 56.5 Å². The number of nitrogens with one attached hydrogen (secondary N) is 1. The summed E-state index contributed by atoms with van der Waals surface area (Å²) in [6.45, 7) is 3.49. The van der Waals surface area contributed by atoms with Crippen LogP contribution in [0.5, 0.6) is 0 Å². The first-order chi connectivity index (χ1) is 8.36. The minimum Gasteiger partial charge on any atom is -0.383 e. The lowest BCUT2D eigenvalue weighted by Gasteiger charge is -2.24. The summed E-state index contributed by atoms with van der Waals surface area (Å²) in [6.07, 6.45) is 7.50. The molecule has 1 rings (SSSR count). The molecule has 0 aromatic rings. The van der Waals surface area contributed by atoms with Crippen LogP contribution < -0.4 is 11.1 Å². The molecule has 0 aliphatic carbocycles. The molecule has 0 saturated carbocycles. The standard InChI is InChI=1S/C13H28N2O2/c1-16-11-12(5-4-8-14)15-9-7-13-6-2-3-10-17-13/h12-13,15H,2-11,14H2,1H3. The Morgan fingerprint density at radius 3 is 3.00 bits per heavy atom. The van der Waals surface area contributed by atoms with Crippen molar-refractivity contribution in [1.29, 1.82) is 0 Å². The van der Waals surface area contributed by atoms with Crippen LogP contribution in [-0.4, -0.2) is 45.6 Å². The van der Waals surface area contributed by atoms with Gasteiger partial charge in [-0.2, -0.15) is 0 Å². The zero-order chi connectivity index (χ0) is 12.3. The molecule has 2 atom stereocenters. The molecule has 1 fully saturated rings. The van der Waals surface area contributed by atoms with Crippen molar-refractivity contribution in [2.24, 2.45) is 5.73 Å². The summed E-state index contributed by atoms with van der Waals surface area (Å²) >= 11 is 0. The van der Waals surface area contributed by atoms with Crippen molar-refractivity contribution in [1.82, 2.24) is 5.32 Å². The van der Waals surface area contributed by atoms with Gasteiger partial charge in [0.25, 0.3) is 0 Å². The minimum absolute atomic E-state index is 0.437. The number of nitrogens with two attached hydrogens (primary N) is 1. The molecule has 0 bridgehead atoms. The average molecular weight is 244 g/mol. The van der Waals surface area contributed by atoms with Crippen molar-refractivity contribution in [2.75, 3.05) is 33.4 Å². The van der Waals surface area contributed by atoms with Crippen molar-refractivity contribution in [2.45, 2.75) is 50.7 Å². The molecule has 0 aromatic heterocycles. The fraction of sp³-hybridized carbons (Fsp3) is 1.00. The lowest BCUT2D eigenvalue weighted by Crippen LogP contribution is -2.36. The molecule has 0 aromatic carbocycles. The van der Waals surface area contributed by atoms with Gasteiger partial charge in [0.05, 0.1) is 12.7 Å². The van der Waals surface area contributed by atoms with E-state index in [2.05, 4.69) is 5.32 Å². The minimum atomic E-state index is 0.437. The molecule has 1 aliphatic rings. The SMILES string of the molecule is COCC(CCCN)NCCC1CCCCO1. The first kappa shape index (κ1) is 14.9. The van der Waals surface area contributed by atoms with Gasteiger partial charge in [-0.3, -0.25) is 0 Å². The Bertz CT molecular complexity index is 173. The second-order valence-electron chi connectivity index (χ2n) is 4.81. The third kappa shape index (κ3) is 6.99. The molecule has 1 heterocycles. The van der Waals surface area contributed by atoms with Gasteiger partial charge in [-0.1, -0.05) is 0 Å². The molecule has 3 N–H and O–H groups in total. The molecule has 0 spiro atoms. The Balaban J connectivity index is 2.07. The highest BCUT2D eigenvalue weighted by Gasteiger charge is 2.14. The molecule has 2 unspecified atom stereocenters. The van der Waals surface area contributed by atoms with Crippen molar-refractivity contribution < 1.29 is 9.47 Å². The molecule has 102 valence electrons. The quantitative estimate of drug-likeness (QED) is 0.642. The Morgan fingerprint density at radius 1 is 1.47 bits per heavy atom. The van der Waals surface area contributed by atoms with Crippen LogP contribution in [0.25, 0.3) is 0 Å². The zero-order valence-electron chi connectivity index (χ0n) is 11.1. The average Bonchev–Trinajstić information content (AvgIpc) is 2.37. The van der Waals surface area contributed by atoms with Crippen LogP contribution in [0, 0.1) is 0 Å². The van der Waals surface area contributed by atoms with E-state index in [9.17, 15) is 0 Å². The molecule has 4 nitrogen and oxygen atoms in total. The van der Waals surface area contributed by atoms with Crippen LogP contribution in [0.15, 0.2) is 0 Å². The van der Waals surface area contributed by atoms with Gasteiger partial charge in [0.15, 0.2) is 0 Å². The van der Waals surface area contributed by atoms with Crippen LogP contribution in [0.1, 0.15) is 38.5 Å². The lowest BCUT2D eigenvalue weighted by atomic mass is 10.1. The summed E-state index contributed by atoms with van der Waals surface area (Å²) < 4.78 is 10.9. The van der Waals surface area contributed by atoms with Crippen molar-refractivity contribution >= 4 is 0 Å². The molecule has 17 heavy (non-hydrogen) atoms. The zero-order valence-corrected chi connectivity index (χ0v) is 11.1. The molecule has 0 radical (unpaired) electrons. The van der Waals surface area contributed by atoms with Crippen molar-refractivity contribution in [3.63, 3.8) is 0 Å². The number of methoxy groups -OCH3 is 1. The second kappa shape index (κ2) is 9.83. The molecular weight excluding hydrogens is 216 g/mol. The molecule has 0 amide bonds. The van der Waals surface area contributed by atoms with Gasteiger partial charge in [-0.15, -0.1) is 0 Å². The summed E-state index contributed by atoms with van der Waals surface area (Å²) in [6, 6.07) is 0.437. The van der Waals surface area contributed by atoms with Gasteiger partial charge >= 0.3 is 0 Å². The summed E-state index contributed by atoms with van der Waals surface area (Å²) in [7, 11) is 1.75. The molecule has 1 aliphatic heterocycles. The Kier molecular flexibility index (Phi) is 8.61. The van der Waals surface area contributed by atoms with Gasteiger partial charge in [0.1, 0.15) is 0 Å². The van der Waals surface area contributed by atoms with E-state index in [1.165, 1.54) is 19.3 Å². The van der Waals surface area contributed by atoms with Gasteiger partial charge in [-0.05, 0) is 51.6 Å². The summed E-state index contributed by atoms with van der Waals surface area (Å²) in [5, 5.41) is 3.54. The van der Waals surface area contributed by atoms with Gasteiger partial charge in [-0.25, -0.2) is 0 Å². The van der Waals surface area contributed by atoms with E-state index in [0.29, 0.717) is 12.1 Å². The van der Waals surface area contributed by atoms with E-state index >= 15 is 0 Å². The van der Waals surface area contributed by atoms with E-state index in [4.69, 9.17) is 15.2 Å². The fourth-order valence-corrected chi connectivity index (χ4v) is 2.29. The van der Waals surface area contributed by atoms with E-state index < -0.39 is 0 Å². The van der Waals surface area contributed by atoms with E-state index in [-0.39, 0.29) is 0 Å². The predicted octanol–water partition coefficient (Wildman–Crippen LogP) is 1.29. The van der Waals surface area contributed by atoms with E-state index in [1.807, 2.05) is 0 Å². The molecular formula is C13H28N2O2. The summed E-state index contributed by atoms with van der Waals surface area (Å²) in [5.74, 6) is 0. The maximum atomic E-state index is 5.71. The third-order valence-electron chi connectivity index (χ3n) is 3.30. The van der Waals surface area contributed by atoms with Crippen LogP contribution in [0.2, 0.25) is 0 Å². The van der Waals surface area contributed by atoms with Gasteiger partial charge < -0.3 is 20.5 Å². The van der Waals surface area contributed by atoms with Crippen molar-refractivity contribution in [3.8, 4) is 0 Å². The van der Waals surface area contributed by atoms with Gasteiger partial charge in [0.2, 0.25) is 0 Å². The summed E-state index contributed by atoms with van der Waals surface area (Å²) in [5.41, 5.74) is 5.53. The van der Waals surface area contributed by atoms with Crippen LogP contribution in [0.4, 0.5) is 0 Å². The highest BCUT2D eigenvalue weighted by atomic mass is 16.5. The van der Waals surface area contributed by atoms with E-state index in [0.717, 1.165) is 45.6 Å². The monoisotopic (exact) mass is 244 g/mol. The highest BCUT2D eigenvalue weighted by Crippen LogP contribution is 2.15. The van der Waals surface area contributed by atoms with Crippen LogP contribution in [-0.2, 0) is 9.47 Å². The third-order valence-corrected chi connectivity index (χ3v) is 3.30. The van der Waals surface area contributed by atoms with Crippen molar-refractivity contribution in [3.05, 3.63) is 0 Å². The molecule has 4 heteroatoms. The number of hydrogen-bond acceptors (Lipinski definition) is 4. The number of ether oxygens (including phenoxy) is 2. The second-order valence-corrected chi connectivity index (χ2v) is 4.81. The van der Waals surface area contributed by atoms with Crippen LogP contribution >= 0.6 is 0 Å². The first-order valence-corrected chi connectivity index (χ1v) is 6.90. The van der Waals surface area contributed by atoms with Gasteiger partial charge in [0, 0.05) is 19.8 Å².